The van der Waals surface area contributed by atoms with Gasteiger partial charge < -0.3 is 9.84 Å². The smallest absolute Gasteiger partial charge is 0.250 e. The number of hydrogen-bond acceptors (Lipinski definition) is 3. The first-order chi connectivity index (χ1) is 5.27. The number of aliphatic hydroxyl groups is 1. The summed E-state index contributed by atoms with van der Waals surface area (Å²) >= 11 is 0. The Hall–Kier alpha value is -1.16. The predicted octanol–water partition coefficient (Wildman–Crippen LogP) is 0.722. The van der Waals surface area contributed by atoms with E-state index in [4.69, 9.17) is 5.11 Å². The van der Waals surface area contributed by atoms with E-state index < -0.39 is 5.82 Å². The molecule has 0 unspecified atom stereocenters. The maximum atomic E-state index is 12.7. The topological polar surface area (TPSA) is 42.4 Å². The van der Waals surface area contributed by atoms with Gasteiger partial charge in [0.25, 0.3) is 0 Å². The molecule has 0 spiro atoms. The van der Waals surface area contributed by atoms with Crippen molar-refractivity contribution >= 4 is 0 Å². The molecule has 0 amide bonds. The van der Waals surface area contributed by atoms with E-state index in [0.717, 1.165) is 0 Å². The summed E-state index contributed by atoms with van der Waals surface area (Å²) < 4.78 is 17.3. The minimum Gasteiger partial charge on any atom is -0.479 e. The number of halogens is 1. The Morgan fingerprint density at radius 2 is 2.45 bits per heavy atom. The summed E-state index contributed by atoms with van der Waals surface area (Å²) in [6, 6.07) is 1.19. The Kier molecular flexibility index (Phi) is 2.38. The Balaban J connectivity index is 2.99. The number of ether oxygens (including phenoxy) is 1. The molecule has 1 aromatic heterocycles. The van der Waals surface area contributed by atoms with Gasteiger partial charge in [-0.3, -0.25) is 0 Å². The van der Waals surface area contributed by atoms with Crippen LogP contribution in [-0.2, 0) is 6.61 Å². The maximum Gasteiger partial charge on any atom is 0.250 e. The zero-order valence-corrected chi connectivity index (χ0v) is 6.04. The standard InChI is InChI=1S/C7H8FNO2/c1-11-7-6(8)2-5(4-10)3-9-7/h2-3,10H,4H2,1H3. The average Bonchev–Trinajstić information content (AvgIpc) is 2.04. The van der Waals surface area contributed by atoms with E-state index in [2.05, 4.69) is 9.72 Å². The second-order valence-electron chi connectivity index (χ2n) is 1.99. The molecule has 1 N–H and O–H groups in total. The first kappa shape index (κ1) is 7.94. The third-order valence-electron chi connectivity index (χ3n) is 1.24. The third-order valence-corrected chi connectivity index (χ3v) is 1.24. The Morgan fingerprint density at radius 1 is 1.73 bits per heavy atom. The molecular weight excluding hydrogens is 149 g/mol. The lowest BCUT2D eigenvalue weighted by atomic mass is 10.3. The van der Waals surface area contributed by atoms with Crippen molar-refractivity contribution in [2.45, 2.75) is 6.61 Å². The summed E-state index contributed by atoms with van der Waals surface area (Å²) in [5, 5.41) is 8.58. The number of aromatic nitrogens is 1. The van der Waals surface area contributed by atoms with E-state index in [1.807, 2.05) is 0 Å². The molecule has 0 radical (unpaired) electrons. The van der Waals surface area contributed by atoms with E-state index in [1.165, 1.54) is 19.4 Å². The summed E-state index contributed by atoms with van der Waals surface area (Å²) in [7, 11) is 1.34. The highest BCUT2D eigenvalue weighted by atomic mass is 19.1. The second-order valence-corrected chi connectivity index (χ2v) is 1.99. The molecule has 1 rings (SSSR count). The normalized spacial score (nSPS) is 9.73. The van der Waals surface area contributed by atoms with Gasteiger partial charge in [0.05, 0.1) is 13.7 Å². The van der Waals surface area contributed by atoms with Crippen LogP contribution in [0.2, 0.25) is 0 Å². The fourth-order valence-corrected chi connectivity index (χ4v) is 0.702. The average molecular weight is 157 g/mol. The molecule has 4 heteroatoms. The maximum absolute atomic E-state index is 12.7. The third kappa shape index (κ3) is 1.65. The van der Waals surface area contributed by atoms with Gasteiger partial charge in [0.15, 0.2) is 5.82 Å². The molecule has 60 valence electrons. The molecule has 3 nitrogen and oxygen atoms in total. The molecule has 11 heavy (non-hydrogen) atoms. The van der Waals surface area contributed by atoms with Gasteiger partial charge in [0, 0.05) is 6.20 Å². The summed E-state index contributed by atoms with van der Waals surface area (Å²) in [4.78, 5) is 3.61. The van der Waals surface area contributed by atoms with Crippen molar-refractivity contribution in [2.75, 3.05) is 7.11 Å². The molecule has 0 aliphatic rings. The number of methoxy groups -OCH3 is 1. The van der Waals surface area contributed by atoms with Gasteiger partial charge in [-0.05, 0) is 11.6 Å². The van der Waals surface area contributed by atoms with Crippen LogP contribution in [0, 0.1) is 5.82 Å². The molecule has 1 heterocycles. The van der Waals surface area contributed by atoms with Crippen molar-refractivity contribution in [3.05, 3.63) is 23.6 Å². The quantitative estimate of drug-likeness (QED) is 0.687. The molecule has 1 aromatic rings. The van der Waals surface area contributed by atoms with Crippen molar-refractivity contribution in [1.29, 1.82) is 0 Å². The Labute approximate surface area is 63.5 Å². The Morgan fingerprint density at radius 3 is 2.91 bits per heavy atom. The second kappa shape index (κ2) is 3.30. The predicted molar refractivity (Wildman–Crippen MR) is 36.7 cm³/mol. The minimum atomic E-state index is -0.556. The fraction of sp³-hybridized carbons (Fsp3) is 0.286. The lowest BCUT2D eigenvalue weighted by Crippen LogP contribution is -1.94. The van der Waals surface area contributed by atoms with Crippen LogP contribution in [0.3, 0.4) is 0 Å². The van der Waals surface area contributed by atoms with Gasteiger partial charge in [-0.1, -0.05) is 0 Å². The Bertz CT molecular complexity index is 252. The lowest BCUT2D eigenvalue weighted by molar-refractivity contribution is 0.279. The van der Waals surface area contributed by atoms with Crippen LogP contribution >= 0.6 is 0 Å². The lowest BCUT2D eigenvalue weighted by Gasteiger charge is -2.00. The zero-order valence-electron chi connectivity index (χ0n) is 6.04. The summed E-state index contributed by atoms with van der Waals surface area (Å²) in [6.07, 6.45) is 1.36. The molecule has 0 fully saturated rings. The van der Waals surface area contributed by atoms with Gasteiger partial charge in [-0.15, -0.1) is 0 Å². The van der Waals surface area contributed by atoms with E-state index in [9.17, 15) is 4.39 Å². The molecule has 0 atom stereocenters. The van der Waals surface area contributed by atoms with Crippen LogP contribution in [0.1, 0.15) is 5.56 Å². The van der Waals surface area contributed by atoms with Crippen LogP contribution in [0.15, 0.2) is 12.3 Å². The van der Waals surface area contributed by atoms with Crippen LogP contribution in [0.25, 0.3) is 0 Å². The molecule has 0 aromatic carbocycles. The van der Waals surface area contributed by atoms with Crippen molar-refractivity contribution in [1.82, 2.24) is 4.98 Å². The van der Waals surface area contributed by atoms with E-state index >= 15 is 0 Å². The largest absolute Gasteiger partial charge is 0.479 e. The number of nitrogens with zero attached hydrogens (tertiary/aromatic N) is 1. The molecule has 0 aliphatic carbocycles. The minimum absolute atomic E-state index is 0.0535. The van der Waals surface area contributed by atoms with Gasteiger partial charge in [-0.2, -0.15) is 0 Å². The SMILES string of the molecule is COc1ncc(CO)cc1F. The number of aliphatic hydroxyl groups excluding tert-OH is 1. The van der Waals surface area contributed by atoms with Crippen molar-refractivity contribution in [2.24, 2.45) is 0 Å². The van der Waals surface area contributed by atoms with Crippen LogP contribution in [0.4, 0.5) is 4.39 Å². The summed E-state index contributed by atoms with van der Waals surface area (Å²) in [6.45, 7) is -0.214. The van der Waals surface area contributed by atoms with Gasteiger partial charge in [0.2, 0.25) is 5.88 Å². The van der Waals surface area contributed by atoms with Crippen LogP contribution < -0.4 is 4.74 Å². The highest BCUT2D eigenvalue weighted by Gasteiger charge is 2.03. The number of rotatable bonds is 2. The zero-order chi connectivity index (χ0) is 8.27. The summed E-state index contributed by atoms with van der Waals surface area (Å²) in [5.41, 5.74) is 0.434. The van der Waals surface area contributed by atoms with Crippen molar-refractivity contribution in [3.63, 3.8) is 0 Å². The molecule has 0 bridgehead atoms. The van der Waals surface area contributed by atoms with Gasteiger partial charge in [-0.25, -0.2) is 9.37 Å². The van der Waals surface area contributed by atoms with Gasteiger partial charge in [0.1, 0.15) is 0 Å². The van der Waals surface area contributed by atoms with Gasteiger partial charge >= 0.3 is 0 Å². The molecule has 0 saturated heterocycles. The van der Waals surface area contributed by atoms with Crippen LogP contribution in [0.5, 0.6) is 5.88 Å². The highest BCUT2D eigenvalue weighted by Crippen LogP contribution is 2.13. The van der Waals surface area contributed by atoms with E-state index in [-0.39, 0.29) is 12.5 Å². The summed E-state index contributed by atoms with van der Waals surface area (Å²) in [5.74, 6) is -0.610. The van der Waals surface area contributed by atoms with Crippen LogP contribution in [-0.4, -0.2) is 17.2 Å². The first-order valence-electron chi connectivity index (χ1n) is 3.07. The monoisotopic (exact) mass is 157 g/mol. The molecule has 0 aliphatic heterocycles. The fourth-order valence-electron chi connectivity index (χ4n) is 0.702. The first-order valence-corrected chi connectivity index (χ1v) is 3.07. The molecular formula is C7H8FNO2. The van der Waals surface area contributed by atoms with E-state index in [1.54, 1.807) is 0 Å². The molecule has 0 saturated carbocycles. The number of hydrogen-bond donors (Lipinski definition) is 1. The number of pyridine rings is 1. The van der Waals surface area contributed by atoms with E-state index in [0.29, 0.717) is 5.56 Å². The van der Waals surface area contributed by atoms with Crippen molar-refractivity contribution < 1.29 is 14.2 Å². The van der Waals surface area contributed by atoms with Crippen molar-refractivity contribution in [3.8, 4) is 5.88 Å². The highest BCUT2D eigenvalue weighted by molar-refractivity contribution is 5.19.